The van der Waals surface area contributed by atoms with Gasteiger partial charge in [0.1, 0.15) is 0 Å². The van der Waals surface area contributed by atoms with Crippen LogP contribution < -0.4 is 0 Å². The first kappa shape index (κ1) is 6.52. The Morgan fingerprint density at radius 3 is 2.75 bits per heavy atom. The van der Waals surface area contributed by atoms with Crippen molar-refractivity contribution in [3.63, 3.8) is 0 Å². The largest absolute Gasteiger partial charge is 0.349 e. The molecule has 1 aliphatic rings. The fraction of sp³-hybridized carbons (Fsp3) is 1.00. The lowest BCUT2D eigenvalue weighted by atomic mass is 10.2. The lowest BCUT2D eigenvalue weighted by Gasteiger charge is -2.20. The van der Waals surface area contributed by atoms with Gasteiger partial charge in [0.2, 0.25) is 6.29 Å². The summed E-state index contributed by atoms with van der Waals surface area (Å²) in [5, 5.41) is 10.6. The number of alkyl halides is 1. The zero-order valence-corrected chi connectivity index (χ0v) is 6.06. The van der Waals surface area contributed by atoms with Crippen molar-refractivity contribution < 1.29 is 9.84 Å². The summed E-state index contributed by atoms with van der Waals surface area (Å²) in [6.45, 7) is 0.635. The van der Waals surface area contributed by atoms with Crippen molar-refractivity contribution in [1.82, 2.24) is 0 Å². The van der Waals surface area contributed by atoms with E-state index < -0.39 is 6.29 Å². The van der Waals surface area contributed by atoms with Crippen molar-refractivity contribution in [2.75, 3.05) is 6.61 Å². The van der Waals surface area contributed by atoms with Crippen LogP contribution in [0.2, 0.25) is 0 Å². The fourth-order valence-corrected chi connectivity index (χ4v) is 1.19. The number of hydrogen-bond acceptors (Lipinski definition) is 1. The molecule has 1 saturated heterocycles. The molecule has 0 bridgehead atoms. The molecule has 1 radical (unpaired) electrons. The normalized spacial score (nSPS) is 39.8. The number of ether oxygens (including phenoxy) is 1. The predicted octanol–water partition coefficient (Wildman–Crippen LogP) is 1.32. The van der Waals surface area contributed by atoms with Gasteiger partial charge in [0, 0.05) is 6.61 Å². The van der Waals surface area contributed by atoms with Crippen molar-refractivity contribution in [3.8, 4) is 0 Å². The fourth-order valence-electron chi connectivity index (χ4n) is 0.718. The lowest BCUT2D eigenvalue weighted by molar-refractivity contribution is -0.154. The van der Waals surface area contributed by atoms with E-state index in [-0.39, 0.29) is 4.83 Å². The monoisotopic (exact) mass is 179 g/mol. The minimum absolute atomic E-state index is 0.0382. The highest BCUT2D eigenvalue weighted by Crippen LogP contribution is 2.18. The molecule has 8 heavy (non-hydrogen) atoms. The van der Waals surface area contributed by atoms with E-state index in [1.54, 1.807) is 0 Å². The average Bonchev–Trinajstić information content (AvgIpc) is 1.77. The Morgan fingerprint density at radius 2 is 2.38 bits per heavy atom. The van der Waals surface area contributed by atoms with Crippen LogP contribution in [0.25, 0.3) is 0 Å². The molecule has 0 N–H and O–H groups in total. The van der Waals surface area contributed by atoms with Crippen molar-refractivity contribution in [2.24, 2.45) is 0 Å². The molecule has 1 rings (SSSR count). The Labute approximate surface area is 57.0 Å². The maximum atomic E-state index is 10.6. The summed E-state index contributed by atoms with van der Waals surface area (Å²) in [6.07, 6.45) is 1.13. The van der Waals surface area contributed by atoms with E-state index in [0.29, 0.717) is 6.61 Å². The van der Waals surface area contributed by atoms with Gasteiger partial charge in [-0.3, -0.25) is 0 Å². The van der Waals surface area contributed by atoms with Crippen LogP contribution in [0, 0.1) is 0 Å². The first-order valence-corrected chi connectivity index (χ1v) is 3.64. The summed E-state index contributed by atoms with van der Waals surface area (Å²) >= 11 is 3.22. The van der Waals surface area contributed by atoms with Crippen LogP contribution in [0.1, 0.15) is 12.8 Å². The summed E-state index contributed by atoms with van der Waals surface area (Å²) in [6, 6.07) is 0. The second-order valence-corrected chi connectivity index (χ2v) is 3.07. The standard InChI is InChI=1S/C5H8BrO2/c6-4-2-1-3-8-5(4)7/h4-5H,1-3H2. The topological polar surface area (TPSA) is 29.1 Å². The molecule has 1 aliphatic heterocycles. The summed E-state index contributed by atoms with van der Waals surface area (Å²) in [5.41, 5.74) is 0. The maximum Gasteiger partial charge on any atom is 0.203 e. The van der Waals surface area contributed by atoms with Crippen LogP contribution in [-0.2, 0) is 9.84 Å². The van der Waals surface area contributed by atoms with Gasteiger partial charge in [-0.25, -0.2) is 5.11 Å². The Balaban J connectivity index is 2.28. The van der Waals surface area contributed by atoms with E-state index in [2.05, 4.69) is 15.9 Å². The highest BCUT2D eigenvalue weighted by atomic mass is 79.9. The van der Waals surface area contributed by atoms with E-state index in [4.69, 9.17) is 4.74 Å². The minimum atomic E-state index is -0.830. The number of hydrogen-bond donors (Lipinski definition) is 0. The van der Waals surface area contributed by atoms with Crippen LogP contribution in [0.5, 0.6) is 0 Å². The Bertz CT molecular complexity index is 66.8. The summed E-state index contributed by atoms with van der Waals surface area (Å²) in [5.74, 6) is 0. The summed E-state index contributed by atoms with van der Waals surface area (Å²) < 4.78 is 4.79. The number of rotatable bonds is 0. The van der Waals surface area contributed by atoms with Gasteiger partial charge >= 0.3 is 0 Å². The SMILES string of the molecule is [O]C1OCCCC1Br. The van der Waals surface area contributed by atoms with Gasteiger partial charge in [-0.15, -0.1) is 0 Å². The third-order valence-electron chi connectivity index (χ3n) is 1.20. The van der Waals surface area contributed by atoms with Crippen molar-refractivity contribution in [1.29, 1.82) is 0 Å². The van der Waals surface area contributed by atoms with Crippen LogP contribution in [0.15, 0.2) is 0 Å². The Kier molecular flexibility index (Phi) is 2.28. The molecule has 0 spiro atoms. The lowest BCUT2D eigenvalue weighted by Crippen LogP contribution is -2.27. The van der Waals surface area contributed by atoms with Crippen LogP contribution >= 0.6 is 15.9 Å². The molecule has 2 unspecified atom stereocenters. The van der Waals surface area contributed by atoms with Crippen LogP contribution in [0.3, 0.4) is 0 Å². The van der Waals surface area contributed by atoms with Gasteiger partial charge in [0.25, 0.3) is 0 Å². The maximum absolute atomic E-state index is 10.6. The van der Waals surface area contributed by atoms with E-state index in [1.165, 1.54) is 0 Å². The molecule has 2 atom stereocenters. The molecule has 2 nitrogen and oxygen atoms in total. The molecular formula is C5H8BrO2. The van der Waals surface area contributed by atoms with Crippen molar-refractivity contribution in [3.05, 3.63) is 0 Å². The van der Waals surface area contributed by atoms with Crippen molar-refractivity contribution in [2.45, 2.75) is 24.0 Å². The Morgan fingerprint density at radius 1 is 1.62 bits per heavy atom. The molecule has 47 valence electrons. The number of halogens is 1. The van der Waals surface area contributed by atoms with Gasteiger partial charge in [0.15, 0.2) is 0 Å². The third-order valence-corrected chi connectivity index (χ3v) is 2.09. The van der Waals surface area contributed by atoms with Gasteiger partial charge in [-0.2, -0.15) is 0 Å². The molecule has 3 heteroatoms. The van der Waals surface area contributed by atoms with E-state index in [9.17, 15) is 5.11 Å². The second-order valence-electron chi connectivity index (χ2n) is 1.90. The Hall–Kier alpha value is 0.400. The molecule has 0 aromatic rings. The van der Waals surface area contributed by atoms with Crippen LogP contribution in [0.4, 0.5) is 0 Å². The molecular weight excluding hydrogens is 172 g/mol. The molecule has 1 heterocycles. The van der Waals surface area contributed by atoms with Gasteiger partial charge in [-0.1, -0.05) is 15.9 Å². The van der Waals surface area contributed by atoms with Gasteiger partial charge < -0.3 is 4.74 Å². The van der Waals surface area contributed by atoms with Gasteiger partial charge in [-0.05, 0) is 12.8 Å². The van der Waals surface area contributed by atoms with Gasteiger partial charge in [0.05, 0.1) is 4.83 Å². The van der Waals surface area contributed by atoms with Crippen LogP contribution in [-0.4, -0.2) is 17.7 Å². The predicted molar refractivity (Wildman–Crippen MR) is 32.4 cm³/mol. The third kappa shape index (κ3) is 1.44. The second kappa shape index (κ2) is 2.80. The molecule has 0 aromatic heterocycles. The molecule has 0 aliphatic carbocycles. The first-order valence-electron chi connectivity index (χ1n) is 2.72. The zero-order chi connectivity index (χ0) is 5.98. The molecule has 0 amide bonds. The van der Waals surface area contributed by atoms with E-state index in [1.807, 2.05) is 0 Å². The van der Waals surface area contributed by atoms with E-state index >= 15 is 0 Å². The smallest absolute Gasteiger partial charge is 0.203 e. The minimum Gasteiger partial charge on any atom is -0.349 e. The van der Waals surface area contributed by atoms with Crippen molar-refractivity contribution >= 4 is 15.9 Å². The highest BCUT2D eigenvalue weighted by Gasteiger charge is 2.21. The highest BCUT2D eigenvalue weighted by molar-refractivity contribution is 9.09. The molecule has 0 saturated carbocycles. The van der Waals surface area contributed by atoms with E-state index in [0.717, 1.165) is 12.8 Å². The first-order chi connectivity index (χ1) is 3.80. The summed E-state index contributed by atoms with van der Waals surface area (Å²) in [7, 11) is 0. The zero-order valence-electron chi connectivity index (χ0n) is 4.47. The molecule has 0 aromatic carbocycles. The average molecular weight is 180 g/mol. The quantitative estimate of drug-likeness (QED) is 0.516. The molecule has 1 fully saturated rings. The summed E-state index contributed by atoms with van der Waals surface area (Å²) in [4.78, 5) is 0.0382.